The largest absolute Gasteiger partial charge is 0.443 e. The predicted molar refractivity (Wildman–Crippen MR) is 92.7 cm³/mol. The Hall–Kier alpha value is -0.773. The molecule has 2 atom stereocenters. The number of hydrogen-bond acceptors (Lipinski definition) is 3. The normalized spacial score (nSPS) is 14.6. The van der Waals surface area contributed by atoms with Gasteiger partial charge in [-0.3, -0.25) is 0 Å². The predicted octanol–water partition coefficient (Wildman–Crippen LogP) is 4.16. The molecular formula is C15H26BrNO3Si. The number of primary amides is 1. The first-order valence-corrected chi connectivity index (χ1v) is 10.6. The number of ether oxygens (including phenoxy) is 1. The fraction of sp³-hybridized carbons (Fsp3) is 0.667. The van der Waals surface area contributed by atoms with Crippen molar-refractivity contribution in [2.24, 2.45) is 5.73 Å². The van der Waals surface area contributed by atoms with Crippen LogP contribution in [0.3, 0.4) is 0 Å². The van der Waals surface area contributed by atoms with Gasteiger partial charge in [-0.25, -0.2) is 4.79 Å². The Labute approximate surface area is 137 Å². The minimum absolute atomic E-state index is 0.0567. The lowest BCUT2D eigenvalue weighted by Crippen LogP contribution is -2.47. The summed E-state index contributed by atoms with van der Waals surface area (Å²) < 4.78 is 11.5. The van der Waals surface area contributed by atoms with E-state index >= 15 is 0 Å². The van der Waals surface area contributed by atoms with Crippen LogP contribution < -0.4 is 5.73 Å². The third kappa shape index (κ3) is 7.16. The molecule has 21 heavy (non-hydrogen) atoms. The topological polar surface area (TPSA) is 61.6 Å². The van der Waals surface area contributed by atoms with E-state index in [0.29, 0.717) is 12.8 Å². The molecule has 1 amide bonds. The van der Waals surface area contributed by atoms with Gasteiger partial charge < -0.3 is 14.9 Å². The molecule has 0 aliphatic rings. The highest BCUT2D eigenvalue weighted by Gasteiger charge is 2.40. The van der Waals surface area contributed by atoms with Crippen molar-refractivity contribution in [3.8, 4) is 10.8 Å². The van der Waals surface area contributed by atoms with Crippen LogP contribution in [0.5, 0.6) is 0 Å². The van der Waals surface area contributed by atoms with Crippen LogP contribution in [-0.2, 0) is 9.16 Å². The maximum absolute atomic E-state index is 11.1. The summed E-state index contributed by atoms with van der Waals surface area (Å²) in [6.45, 7) is 14.5. The molecule has 0 saturated heterocycles. The van der Waals surface area contributed by atoms with Crippen molar-refractivity contribution in [1.82, 2.24) is 0 Å². The maximum atomic E-state index is 11.1. The standard InChI is InChI=1S/C15H26BrNO3Si/c1-7-12(20-21(5,6)15(2,3)4)13(19-14(17)18)10-8-9-11-16/h7,12-13H,1,8,10H2,2-6H3,(H2,17,18)/t12-,13-/m0/s1. The second-order valence-electron chi connectivity index (χ2n) is 6.36. The van der Waals surface area contributed by atoms with Gasteiger partial charge >= 0.3 is 6.09 Å². The molecule has 0 aromatic rings. The Bertz CT molecular complexity index is 421. The number of halogens is 1. The molecule has 4 nitrogen and oxygen atoms in total. The third-order valence-corrected chi connectivity index (χ3v) is 8.48. The molecule has 0 saturated carbocycles. The highest BCUT2D eigenvalue weighted by atomic mass is 79.9. The van der Waals surface area contributed by atoms with Gasteiger partial charge in [-0.2, -0.15) is 0 Å². The number of rotatable bonds is 7. The van der Waals surface area contributed by atoms with Gasteiger partial charge in [0, 0.05) is 22.4 Å². The van der Waals surface area contributed by atoms with Crippen molar-refractivity contribution in [2.75, 3.05) is 0 Å². The summed E-state index contributed by atoms with van der Waals surface area (Å²) >= 11 is 3.04. The number of carbonyl (C=O) groups is 1. The van der Waals surface area contributed by atoms with Crippen LogP contribution in [0.4, 0.5) is 4.79 Å². The van der Waals surface area contributed by atoms with Gasteiger partial charge in [0.1, 0.15) is 12.2 Å². The highest BCUT2D eigenvalue weighted by Crippen LogP contribution is 2.38. The zero-order valence-electron chi connectivity index (χ0n) is 13.5. The highest BCUT2D eigenvalue weighted by molar-refractivity contribution is 9.12. The van der Waals surface area contributed by atoms with Crippen LogP contribution in [0, 0.1) is 10.8 Å². The summed E-state index contributed by atoms with van der Waals surface area (Å²) in [5, 5.41) is 0.0567. The molecular weight excluding hydrogens is 350 g/mol. The van der Waals surface area contributed by atoms with Crippen molar-refractivity contribution < 1.29 is 14.0 Å². The summed E-state index contributed by atoms with van der Waals surface area (Å²) in [6, 6.07) is 0. The smallest absolute Gasteiger partial charge is 0.404 e. The van der Waals surface area contributed by atoms with E-state index in [1.54, 1.807) is 6.08 Å². The molecule has 0 heterocycles. The summed E-state index contributed by atoms with van der Waals surface area (Å²) in [5.74, 6) is 2.88. The van der Waals surface area contributed by atoms with Gasteiger partial charge in [-0.05, 0) is 29.4 Å². The van der Waals surface area contributed by atoms with E-state index in [9.17, 15) is 4.79 Å². The molecule has 2 N–H and O–H groups in total. The van der Waals surface area contributed by atoms with Crippen molar-refractivity contribution in [3.05, 3.63) is 12.7 Å². The zero-order chi connectivity index (χ0) is 16.7. The quantitative estimate of drug-likeness (QED) is 0.412. The van der Waals surface area contributed by atoms with Crippen LogP contribution >= 0.6 is 15.9 Å². The number of hydrogen-bond donors (Lipinski definition) is 1. The van der Waals surface area contributed by atoms with Crippen LogP contribution in [0.1, 0.15) is 33.6 Å². The van der Waals surface area contributed by atoms with Gasteiger partial charge in [0.15, 0.2) is 8.32 Å². The lowest BCUT2D eigenvalue weighted by Gasteiger charge is -2.40. The van der Waals surface area contributed by atoms with Crippen LogP contribution in [0.25, 0.3) is 0 Å². The van der Waals surface area contributed by atoms with E-state index < -0.39 is 20.5 Å². The number of amides is 1. The lowest BCUT2D eigenvalue weighted by atomic mass is 10.1. The molecule has 0 bridgehead atoms. The van der Waals surface area contributed by atoms with Crippen LogP contribution in [0.15, 0.2) is 12.7 Å². The molecule has 0 spiro atoms. The second kappa shape index (κ2) is 8.62. The Kier molecular flexibility index (Phi) is 8.30. The summed E-state index contributed by atoms with van der Waals surface area (Å²) in [7, 11) is -2.00. The Morgan fingerprint density at radius 3 is 2.43 bits per heavy atom. The minimum atomic E-state index is -2.00. The van der Waals surface area contributed by atoms with Crippen LogP contribution in [0.2, 0.25) is 18.1 Å². The fourth-order valence-corrected chi connectivity index (χ4v) is 2.97. The molecule has 0 unspecified atom stereocenters. The lowest BCUT2D eigenvalue weighted by molar-refractivity contribution is 0.0314. The molecule has 0 aliphatic heterocycles. The third-order valence-electron chi connectivity index (χ3n) is 3.72. The van der Waals surface area contributed by atoms with Gasteiger partial charge in [0.05, 0.1) is 0 Å². The zero-order valence-corrected chi connectivity index (χ0v) is 16.1. The Morgan fingerprint density at radius 1 is 1.48 bits per heavy atom. The Balaban J connectivity index is 5.06. The summed E-state index contributed by atoms with van der Waals surface area (Å²) in [6.07, 6.45) is 1.15. The molecule has 120 valence electrons. The molecule has 0 radical (unpaired) electrons. The van der Waals surface area contributed by atoms with Gasteiger partial charge in [-0.1, -0.05) is 32.8 Å². The molecule has 0 aliphatic carbocycles. The van der Waals surface area contributed by atoms with Crippen LogP contribution in [-0.4, -0.2) is 26.6 Å². The molecule has 0 aromatic carbocycles. The van der Waals surface area contributed by atoms with E-state index in [1.807, 2.05) is 0 Å². The van der Waals surface area contributed by atoms with Gasteiger partial charge in [0.25, 0.3) is 0 Å². The SMILES string of the molecule is C=C[C@H](O[Si](C)(C)C(C)(C)C)[C@H](CCC#CBr)OC(N)=O. The first-order chi connectivity index (χ1) is 9.55. The minimum Gasteiger partial charge on any atom is -0.443 e. The summed E-state index contributed by atoms with van der Waals surface area (Å²) in [5.41, 5.74) is 5.15. The van der Waals surface area contributed by atoms with Crippen molar-refractivity contribution in [3.63, 3.8) is 0 Å². The second-order valence-corrected chi connectivity index (χ2v) is 11.5. The first-order valence-electron chi connectivity index (χ1n) is 6.90. The van der Waals surface area contributed by atoms with Crippen molar-refractivity contribution in [2.45, 2.75) is 64.0 Å². The number of carbonyl (C=O) groups excluding carboxylic acids is 1. The molecule has 0 aromatic heterocycles. The Morgan fingerprint density at radius 2 is 2.05 bits per heavy atom. The van der Waals surface area contributed by atoms with Gasteiger partial charge in [0.2, 0.25) is 0 Å². The maximum Gasteiger partial charge on any atom is 0.404 e. The van der Waals surface area contributed by atoms with E-state index in [-0.39, 0.29) is 11.1 Å². The number of nitrogens with two attached hydrogens (primary N) is 1. The van der Waals surface area contributed by atoms with Gasteiger partial charge in [-0.15, -0.1) is 6.58 Å². The monoisotopic (exact) mass is 375 g/mol. The van der Waals surface area contributed by atoms with E-state index in [0.717, 1.165) is 0 Å². The first kappa shape index (κ1) is 20.2. The van der Waals surface area contributed by atoms with Crippen molar-refractivity contribution in [1.29, 1.82) is 0 Å². The van der Waals surface area contributed by atoms with E-state index in [1.165, 1.54) is 0 Å². The summed E-state index contributed by atoms with van der Waals surface area (Å²) in [4.78, 5) is 13.7. The van der Waals surface area contributed by atoms with E-state index in [4.69, 9.17) is 14.9 Å². The van der Waals surface area contributed by atoms with E-state index in [2.05, 4.69) is 67.1 Å². The molecule has 0 rings (SSSR count). The average molecular weight is 376 g/mol. The average Bonchev–Trinajstić information content (AvgIpc) is 2.33. The van der Waals surface area contributed by atoms with Crippen molar-refractivity contribution >= 4 is 30.3 Å². The molecule has 0 fully saturated rings. The molecule has 6 heteroatoms. The fourth-order valence-electron chi connectivity index (χ4n) is 1.49.